The molecule has 5 rings (SSSR count). The SMILES string of the molecule is COc1cc2nccc(N3CCOc4ccc(-c5cnc(N)c(N)c5)cc4C3)c2cc1OC. The first-order valence-electron chi connectivity index (χ1n) is 10.6. The number of anilines is 3. The zero-order valence-electron chi connectivity index (χ0n) is 18.5. The summed E-state index contributed by atoms with van der Waals surface area (Å²) in [6.07, 6.45) is 3.55. The van der Waals surface area contributed by atoms with Crippen molar-refractivity contribution in [2.24, 2.45) is 0 Å². The average molecular weight is 444 g/mol. The van der Waals surface area contributed by atoms with Crippen molar-refractivity contribution in [3.63, 3.8) is 0 Å². The van der Waals surface area contributed by atoms with Gasteiger partial charge in [-0.3, -0.25) is 4.98 Å². The van der Waals surface area contributed by atoms with E-state index in [1.54, 1.807) is 20.4 Å². The highest BCUT2D eigenvalue weighted by atomic mass is 16.5. The number of fused-ring (bicyclic) bond motifs is 2. The van der Waals surface area contributed by atoms with Gasteiger partial charge < -0.3 is 30.6 Å². The van der Waals surface area contributed by atoms with Gasteiger partial charge in [0.2, 0.25) is 0 Å². The Morgan fingerprint density at radius 1 is 0.939 bits per heavy atom. The van der Waals surface area contributed by atoms with Crippen molar-refractivity contribution in [2.45, 2.75) is 6.54 Å². The van der Waals surface area contributed by atoms with Crippen LogP contribution in [0.1, 0.15) is 5.56 Å². The van der Waals surface area contributed by atoms with Crippen LogP contribution in [0.5, 0.6) is 17.2 Å². The van der Waals surface area contributed by atoms with Gasteiger partial charge in [0, 0.05) is 47.2 Å². The summed E-state index contributed by atoms with van der Waals surface area (Å²) in [7, 11) is 3.26. The van der Waals surface area contributed by atoms with E-state index in [4.69, 9.17) is 25.7 Å². The Hall–Kier alpha value is -4.20. The molecule has 0 radical (unpaired) electrons. The molecule has 33 heavy (non-hydrogen) atoms. The number of hydrogen-bond donors (Lipinski definition) is 2. The second kappa shape index (κ2) is 8.38. The van der Waals surface area contributed by atoms with Gasteiger partial charge in [0.05, 0.1) is 32.0 Å². The summed E-state index contributed by atoms with van der Waals surface area (Å²) >= 11 is 0. The number of aromatic nitrogens is 2. The number of pyridine rings is 2. The molecule has 0 unspecified atom stereocenters. The fourth-order valence-electron chi connectivity index (χ4n) is 4.16. The predicted octanol–water partition coefficient (Wildman–Crippen LogP) is 3.88. The van der Waals surface area contributed by atoms with E-state index in [-0.39, 0.29) is 0 Å². The van der Waals surface area contributed by atoms with Crippen LogP contribution >= 0.6 is 0 Å². The molecule has 0 bridgehead atoms. The lowest BCUT2D eigenvalue weighted by atomic mass is 10.0. The lowest BCUT2D eigenvalue weighted by Gasteiger charge is -2.24. The molecule has 4 aromatic rings. The Morgan fingerprint density at radius 2 is 1.76 bits per heavy atom. The minimum atomic E-state index is 0.333. The molecule has 0 saturated carbocycles. The van der Waals surface area contributed by atoms with Gasteiger partial charge in [-0.1, -0.05) is 6.07 Å². The highest BCUT2D eigenvalue weighted by Gasteiger charge is 2.20. The number of methoxy groups -OCH3 is 2. The summed E-state index contributed by atoms with van der Waals surface area (Å²) in [5.74, 6) is 2.52. The largest absolute Gasteiger partial charge is 0.493 e. The van der Waals surface area contributed by atoms with E-state index in [0.29, 0.717) is 36.2 Å². The van der Waals surface area contributed by atoms with Crippen LogP contribution in [0.15, 0.2) is 54.9 Å². The minimum absolute atomic E-state index is 0.333. The molecule has 0 atom stereocenters. The fourth-order valence-corrected chi connectivity index (χ4v) is 4.16. The highest BCUT2D eigenvalue weighted by molar-refractivity contribution is 5.94. The smallest absolute Gasteiger partial charge is 0.162 e. The van der Waals surface area contributed by atoms with Crippen LogP contribution in [0, 0.1) is 0 Å². The van der Waals surface area contributed by atoms with Crippen LogP contribution < -0.4 is 30.6 Å². The molecule has 8 nitrogen and oxygen atoms in total. The summed E-state index contributed by atoms with van der Waals surface area (Å²) < 4.78 is 17.0. The van der Waals surface area contributed by atoms with Crippen LogP contribution in [0.3, 0.4) is 0 Å². The summed E-state index contributed by atoms with van der Waals surface area (Å²) in [5.41, 5.74) is 17.1. The van der Waals surface area contributed by atoms with Gasteiger partial charge in [0.25, 0.3) is 0 Å². The van der Waals surface area contributed by atoms with Crippen LogP contribution in [-0.4, -0.2) is 37.3 Å². The molecule has 2 aromatic carbocycles. The Labute approximate surface area is 191 Å². The van der Waals surface area contributed by atoms with Crippen molar-refractivity contribution in [3.05, 3.63) is 60.4 Å². The summed E-state index contributed by atoms with van der Waals surface area (Å²) in [6, 6.07) is 13.9. The zero-order chi connectivity index (χ0) is 22.9. The maximum Gasteiger partial charge on any atom is 0.162 e. The maximum atomic E-state index is 6.07. The van der Waals surface area contributed by atoms with E-state index in [0.717, 1.165) is 45.6 Å². The maximum absolute atomic E-state index is 6.07. The van der Waals surface area contributed by atoms with Gasteiger partial charge in [-0.2, -0.15) is 0 Å². The van der Waals surface area contributed by atoms with Crippen molar-refractivity contribution in [1.29, 1.82) is 0 Å². The molecule has 168 valence electrons. The molecule has 0 saturated heterocycles. The number of hydrogen-bond acceptors (Lipinski definition) is 8. The van der Waals surface area contributed by atoms with Gasteiger partial charge in [0.15, 0.2) is 11.5 Å². The fraction of sp³-hybridized carbons (Fsp3) is 0.200. The molecule has 8 heteroatoms. The normalized spacial score (nSPS) is 13.2. The highest BCUT2D eigenvalue weighted by Crippen LogP contribution is 2.37. The Balaban J connectivity index is 1.55. The average Bonchev–Trinajstić information content (AvgIpc) is 3.06. The summed E-state index contributed by atoms with van der Waals surface area (Å²) in [4.78, 5) is 11.0. The van der Waals surface area contributed by atoms with E-state index >= 15 is 0 Å². The lowest BCUT2D eigenvalue weighted by molar-refractivity contribution is 0.332. The number of nitrogens with two attached hydrogens (primary N) is 2. The van der Waals surface area contributed by atoms with Crippen molar-refractivity contribution < 1.29 is 14.2 Å². The Bertz CT molecular complexity index is 1340. The van der Waals surface area contributed by atoms with Gasteiger partial charge in [-0.15, -0.1) is 0 Å². The molecule has 1 aliphatic heterocycles. The van der Waals surface area contributed by atoms with Gasteiger partial charge in [-0.25, -0.2) is 4.98 Å². The molecule has 0 spiro atoms. The van der Waals surface area contributed by atoms with Gasteiger partial charge >= 0.3 is 0 Å². The minimum Gasteiger partial charge on any atom is -0.493 e. The topological polar surface area (TPSA) is 109 Å². The quantitative estimate of drug-likeness (QED) is 0.489. The molecule has 1 aliphatic rings. The van der Waals surface area contributed by atoms with E-state index < -0.39 is 0 Å². The number of ether oxygens (including phenoxy) is 3. The van der Waals surface area contributed by atoms with Crippen molar-refractivity contribution in [3.8, 4) is 28.4 Å². The molecule has 4 N–H and O–H groups in total. The van der Waals surface area contributed by atoms with E-state index in [2.05, 4.69) is 20.9 Å². The Morgan fingerprint density at radius 3 is 2.55 bits per heavy atom. The second-order valence-electron chi connectivity index (χ2n) is 7.85. The zero-order valence-corrected chi connectivity index (χ0v) is 18.5. The standard InChI is InChI=1S/C25H25N5O3/c1-31-23-11-18-20(12-24(23)32-2)28-6-5-21(18)30-7-8-33-22-4-3-15(9-17(22)14-30)16-10-19(26)25(27)29-13-16/h3-6,9-13H,7-8,14,26H2,1-2H3,(H2,27,29). The third kappa shape index (κ3) is 3.80. The molecule has 0 amide bonds. The molecular weight excluding hydrogens is 418 g/mol. The van der Waals surface area contributed by atoms with Crippen LogP contribution in [-0.2, 0) is 6.54 Å². The second-order valence-corrected chi connectivity index (χ2v) is 7.85. The lowest BCUT2D eigenvalue weighted by Crippen LogP contribution is -2.25. The molecule has 0 fully saturated rings. The van der Waals surface area contributed by atoms with Gasteiger partial charge in [-0.05, 0) is 35.9 Å². The molecule has 3 heterocycles. The summed E-state index contributed by atoms with van der Waals surface area (Å²) in [6.45, 7) is 1.97. The monoisotopic (exact) mass is 443 g/mol. The third-order valence-electron chi connectivity index (χ3n) is 5.89. The van der Waals surface area contributed by atoms with E-state index in [9.17, 15) is 0 Å². The number of nitrogens with zero attached hydrogens (tertiary/aromatic N) is 3. The predicted molar refractivity (Wildman–Crippen MR) is 130 cm³/mol. The first-order valence-corrected chi connectivity index (χ1v) is 10.6. The first kappa shape index (κ1) is 20.7. The molecule has 2 aromatic heterocycles. The van der Waals surface area contributed by atoms with Crippen LogP contribution in [0.4, 0.5) is 17.2 Å². The first-order chi connectivity index (χ1) is 16.1. The van der Waals surface area contributed by atoms with E-state index in [1.807, 2.05) is 42.6 Å². The van der Waals surface area contributed by atoms with Crippen LogP contribution in [0.25, 0.3) is 22.0 Å². The van der Waals surface area contributed by atoms with Crippen molar-refractivity contribution in [2.75, 3.05) is 43.7 Å². The number of nitrogen functional groups attached to an aromatic ring is 2. The summed E-state index contributed by atoms with van der Waals surface area (Å²) in [5, 5.41) is 0.991. The molecule has 0 aliphatic carbocycles. The van der Waals surface area contributed by atoms with Crippen LogP contribution in [0.2, 0.25) is 0 Å². The Kier molecular flexibility index (Phi) is 5.26. The van der Waals surface area contributed by atoms with E-state index in [1.165, 1.54) is 0 Å². The van der Waals surface area contributed by atoms with Crippen molar-refractivity contribution in [1.82, 2.24) is 9.97 Å². The third-order valence-corrected chi connectivity index (χ3v) is 5.89. The van der Waals surface area contributed by atoms with Crippen molar-refractivity contribution >= 4 is 28.1 Å². The van der Waals surface area contributed by atoms with Gasteiger partial charge in [0.1, 0.15) is 18.2 Å². The molecular formula is C25H25N5O3. The number of benzene rings is 2. The number of rotatable bonds is 4.